The van der Waals surface area contributed by atoms with Crippen LogP contribution in [0, 0.1) is 10.1 Å². The van der Waals surface area contributed by atoms with Crippen molar-refractivity contribution in [2.45, 2.75) is 26.4 Å². The van der Waals surface area contributed by atoms with Gasteiger partial charge in [0.15, 0.2) is 11.3 Å². The first-order chi connectivity index (χ1) is 15.0. The number of carbonyl (C=O) groups excluding carboxylic acids is 1. The monoisotopic (exact) mass is 439 g/mol. The van der Waals surface area contributed by atoms with Crippen molar-refractivity contribution in [3.8, 4) is 5.75 Å². The number of fused-ring (bicyclic) bond motifs is 2. The molecule has 0 spiro atoms. The zero-order chi connectivity index (χ0) is 22.0. The van der Waals surface area contributed by atoms with E-state index >= 15 is 0 Å². The normalized spacial score (nSPS) is 17.2. The topological polar surface area (TPSA) is 109 Å². The van der Waals surface area contributed by atoms with Crippen LogP contribution < -0.4 is 20.6 Å². The Morgan fingerprint density at radius 3 is 2.81 bits per heavy atom. The predicted octanol–water partition coefficient (Wildman–Crippen LogP) is 2.28. The number of hydrazone groups is 1. The molecule has 10 heteroatoms. The van der Waals surface area contributed by atoms with E-state index in [2.05, 4.69) is 10.4 Å². The van der Waals surface area contributed by atoms with Crippen LogP contribution >= 0.6 is 11.8 Å². The van der Waals surface area contributed by atoms with Gasteiger partial charge in [0.05, 0.1) is 16.9 Å². The van der Waals surface area contributed by atoms with Crippen LogP contribution in [-0.4, -0.2) is 33.4 Å². The molecule has 2 aliphatic rings. The first kappa shape index (κ1) is 20.9. The molecule has 0 bridgehead atoms. The lowest BCUT2D eigenvalue weighted by molar-refractivity contribution is -0.385. The number of nitro benzene ring substituents is 1. The number of para-hydroxylation sites is 1. The van der Waals surface area contributed by atoms with Crippen molar-refractivity contribution in [3.63, 3.8) is 0 Å². The molecular formula is C21H21N5O4S. The zero-order valence-corrected chi connectivity index (χ0v) is 17.9. The van der Waals surface area contributed by atoms with Gasteiger partial charge >= 0.3 is 0 Å². The number of non-ortho nitro benzene ring substituents is 1. The number of nitro groups is 1. The SMILES string of the molecule is CCCOc1ccc([N+](=O)[O-])cc1C1N=c2ccccc2=C2C(=O)NC(SCC)=NN21. The fraction of sp³-hybridized carbons (Fsp3) is 0.286. The van der Waals surface area contributed by atoms with E-state index in [0.29, 0.717) is 39.4 Å². The van der Waals surface area contributed by atoms with Gasteiger partial charge in [-0.2, -0.15) is 0 Å². The van der Waals surface area contributed by atoms with Crippen molar-refractivity contribution in [1.82, 2.24) is 10.3 Å². The molecule has 0 fully saturated rings. The number of rotatable bonds is 6. The van der Waals surface area contributed by atoms with Crippen LogP contribution in [0.3, 0.4) is 0 Å². The molecule has 2 aromatic carbocycles. The minimum atomic E-state index is -0.782. The van der Waals surface area contributed by atoms with Gasteiger partial charge in [-0.15, -0.1) is 5.10 Å². The van der Waals surface area contributed by atoms with E-state index < -0.39 is 11.1 Å². The molecule has 31 heavy (non-hydrogen) atoms. The molecule has 0 aromatic heterocycles. The molecule has 0 saturated carbocycles. The van der Waals surface area contributed by atoms with E-state index in [0.717, 1.165) is 12.2 Å². The molecular weight excluding hydrogens is 418 g/mol. The lowest BCUT2D eigenvalue weighted by Crippen LogP contribution is -2.50. The Morgan fingerprint density at radius 1 is 1.26 bits per heavy atom. The average molecular weight is 439 g/mol. The first-order valence-corrected chi connectivity index (χ1v) is 10.9. The Hall–Kier alpha value is -3.40. The summed E-state index contributed by atoms with van der Waals surface area (Å²) in [6.45, 7) is 4.39. The first-order valence-electron chi connectivity index (χ1n) is 9.93. The number of hydrogen-bond acceptors (Lipinski definition) is 8. The fourth-order valence-electron chi connectivity index (χ4n) is 3.43. The molecule has 0 radical (unpaired) electrons. The number of hydrogen-bond donors (Lipinski definition) is 1. The van der Waals surface area contributed by atoms with Gasteiger partial charge in [0.1, 0.15) is 11.4 Å². The summed E-state index contributed by atoms with van der Waals surface area (Å²) >= 11 is 1.40. The zero-order valence-electron chi connectivity index (χ0n) is 17.1. The molecule has 1 amide bonds. The van der Waals surface area contributed by atoms with Gasteiger partial charge in [0, 0.05) is 22.9 Å². The molecule has 4 rings (SSSR count). The molecule has 2 aliphatic heterocycles. The number of thioether (sulfide) groups is 1. The van der Waals surface area contributed by atoms with Gasteiger partial charge in [0.2, 0.25) is 0 Å². The number of carbonyl (C=O) groups is 1. The molecule has 1 unspecified atom stereocenters. The maximum Gasteiger partial charge on any atom is 0.276 e. The van der Waals surface area contributed by atoms with E-state index in [4.69, 9.17) is 9.73 Å². The third-order valence-corrected chi connectivity index (χ3v) is 5.49. The quantitative estimate of drug-likeness (QED) is 0.546. The van der Waals surface area contributed by atoms with Gasteiger partial charge in [-0.25, -0.2) is 5.01 Å². The summed E-state index contributed by atoms with van der Waals surface area (Å²) < 4.78 is 5.87. The van der Waals surface area contributed by atoms with E-state index in [9.17, 15) is 14.9 Å². The van der Waals surface area contributed by atoms with E-state index in [1.54, 1.807) is 6.07 Å². The van der Waals surface area contributed by atoms with Gasteiger partial charge in [-0.05, 0) is 24.3 Å². The second-order valence-electron chi connectivity index (χ2n) is 6.83. The summed E-state index contributed by atoms with van der Waals surface area (Å²) in [4.78, 5) is 28.8. The Morgan fingerprint density at radius 2 is 2.06 bits per heavy atom. The van der Waals surface area contributed by atoms with Crippen LogP contribution in [0.15, 0.2) is 52.6 Å². The van der Waals surface area contributed by atoms with Gasteiger partial charge in [0.25, 0.3) is 11.6 Å². The highest BCUT2D eigenvalue weighted by Crippen LogP contribution is 2.37. The van der Waals surface area contributed by atoms with Gasteiger partial charge in [-0.3, -0.25) is 25.2 Å². The van der Waals surface area contributed by atoms with Crippen LogP contribution in [0.5, 0.6) is 5.75 Å². The Bertz CT molecular complexity index is 1200. The number of ether oxygens (including phenoxy) is 1. The van der Waals surface area contributed by atoms with E-state index in [-0.39, 0.29) is 11.6 Å². The number of nitrogens with one attached hydrogen (secondary N) is 1. The highest BCUT2D eigenvalue weighted by molar-refractivity contribution is 8.13. The minimum absolute atomic E-state index is 0.0805. The maximum atomic E-state index is 13.0. The van der Waals surface area contributed by atoms with E-state index in [1.807, 2.05) is 38.1 Å². The summed E-state index contributed by atoms with van der Waals surface area (Å²) in [6, 6.07) is 11.7. The largest absolute Gasteiger partial charge is 0.493 e. The molecule has 0 saturated heterocycles. The number of nitrogens with zero attached hydrogens (tertiary/aromatic N) is 4. The number of amides is 1. The minimum Gasteiger partial charge on any atom is -0.493 e. The van der Waals surface area contributed by atoms with Crippen molar-refractivity contribution in [2.24, 2.45) is 10.1 Å². The molecule has 160 valence electrons. The van der Waals surface area contributed by atoms with Crippen molar-refractivity contribution in [2.75, 3.05) is 12.4 Å². The fourth-order valence-corrected chi connectivity index (χ4v) is 4.01. The van der Waals surface area contributed by atoms with Crippen LogP contribution in [-0.2, 0) is 4.79 Å². The van der Waals surface area contributed by atoms with Crippen LogP contribution in [0.2, 0.25) is 0 Å². The second kappa shape index (κ2) is 8.76. The average Bonchev–Trinajstić information content (AvgIpc) is 2.77. The molecule has 9 nitrogen and oxygen atoms in total. The Kier molecular flexibility index (Phi) is 5.90. The third kappa shape index (κ3) is 3.98. The molecule has 0 aliphatic carbocycles. The maximum absolute atomic E-state index is 13.0. The van der Waals surface area contributed by atoms with Gasteiger partial charge < -0.3 is 4.74 Å². The molecule has 1 N–H and O–H groups in total. The summed E-state index contributed by atoms with van der Waals surface area (Å²) in [5.74, 6) is 0.910. The van der Waals surface area contributed by atoms with Crippen LogP contribution in [0.1, 0.15) is 32.0 Å². The Labute approximate surface area is 182 Å². The van der Waals surface area contributed by atoms with Crippen molar-refractivity contribution < 1.29 is 14.5 Å². The Balaban J connectivity index is 1.95. The van der Waals surface area contributed by atoms with Crippen molar-refractivity contribution >= 4 is 34.2 Å². The smallest absolute Gasteiger partial charge is 0.276 e. The van der Waals surface area contributed by atoms with Crippen molar-refractivity contribution in [3.05, 3.63) is 68.7 Å². The van der Waals surface area contributed by atoms with Gasteiger partial charge in [-0.1, -0.05) is 43.8 Å². The summed E-state index contributed by atoms with van der Waals surface area (Å²) in [5, 5.41) is 22.2. The molecule has 1 atom stereocenters. The highest BCUT2D eigenvalue weighted by Gasteiger charge is 2.36. The number of amidine groups is 1. The van der Waals surface area contributed by atoms with Crippen LogP contribution in [0.25, 0.3) is 5.70 Å². The lowest BCUT2D eigenvalue weighted by atomic mass is 10.1. The number of benzene rings is 2. The summed E-state index contributed by atoms with van der Waals surface area (Å²) in [7, 11) is 0. The molecule has 2 heterocycles. The summed E-state index contributed by atoms with van der Waals surface area (Å²) in [5.41, 5.74) is 0.751. The van der Waals surface area contributed by atoms with Crippen molar-refractivity contribution in [1.29, 1.82) is 0 Å². The standard InChI is InChI=1S/C21H21N5O4S/c1-3-11-30-17-10-9-13(26(28)29)12-15(17)19-22-16-8-6-5-7-14(16)18-20(27)23-21(31-4-2)24-25(18)19/h5-10,12,19H,3-4,11H2,1-2H3,(H,23,24,27). The third-order valence-electron chi connectivity index (χ3n) is 4.74. The highest BCUT2D eigenvalue weighted by atomic mass is 32.2. The summed E-state index contributed by atoms with van der Waals surface area (Å²) in [6.07, 6.45) is -0.00447. The second-order valence-corrected chi connectivity index (χ2v) is 8.09. The predicted molar refractivity (Wildman–Crippen MR) is 118 cm³/mol. The van der Waals surface area contributed by atoms with Crippen LogP contribution in [0.4, 0.5) is 5.69 Å². The lowest BCUT2D eigenvalue weighted by Gasteiger charge is -2.34. The molecule has 2 aromatic rings. The van der Waals surface area contributed by atoms with E-state index in [1.165, 1.54) is 28.9 Å².